The molecule has 0 fully saturated rings. The number of aryl methyl sites for hydroxylation is 2. The number of likely N-dealkylation sites (N-methyl/N-ethyl adjacent to an activating group) is 1. The number of rotatable bonds is 11. The molecule has 32 heavy (non-hydrogen) atoms. The van der Waals surface area contributed by atoms with Crippen LogP contribution in [0.5, 0.6) is 5.75 Å². The van der Waals surface area contributed by atoms with Crippen molar-refractivity contribution < 1.29 is 9.84 Å². The molecule has 0 saturated carbocycles. The summed E-state index contributed by atoms with van der Waals surface area (Å²) in [7, 11) is 1.55. The number of aliphatic hydroxyl groups is 1. The van der Waals surface area contributed by atoms with Gasteiger partial charge >= 0.3 is 5.69 Å². The van der Waals surface area contributed by atoms with Gasteiger partial charge in [-0.05, 0) is 37.7 Å². The Morgan fingerprint density at radius 2 is 2.03 bits per heavy atom. The summed E-state index contributed by atoms with van der Waals surface area (Å²) in [5.74, 6) is 1.09. The number of anilines is 1. The summed E-state index contributed by atoms with van der Waals surface area (Å²) in [6, 6.07) is 7.57. The molecule has 3 aromatic rings. The molecule has 10 nitrogen and oxygen atoms in total. The molecule has 174 valence electrons. The van der Waals surface area contributed by atoms with Crippen molar-refractivity contribution >= 4 is 17.1 Å². The lowest BCUT2D eigenvalue weighted by Gasteiger charge is -2.19. The number of aromatic amines is 1. The van der Waals surface area contributed by atoms with Crippen LogP contribution in [0.1, 0.15) is 19.4 Å². The first-order valence-electron chi connectivity index (χ1n) is 10.9. The molecule has 1 atom stereocenters. The third-order valence-corrected chi connectivity index (χ3v) is 5.44. The summed E-state index contributed by atoms with van der Waals surface area (Å²) in [5, 5.41) is 13.9. The Morgan fingerprint density at radius 1 is 1.28 bits per heavy atom. The largest absolute Gasteiger partial charge is 0.491 e. The highest BCUT2D eigenvalue weighted by Gasteiger charge is 2.20. The van der Waals surface area contributed by atoms with Crippen molar-refractivity contribution in [2.45, 2.75) is 33.4 Å². The monoisotopic (exact) mass is 444 g/mol. The SMILES string of the molecule is CCN(CC)CCNc1nc2c(c(=O)[nH]c(=O)n2C)n1C[C@H](O)COc1cccc(C)c1. The van der Waals surface area contributed by atoms with E-state index in [1.807, 2.05) is 31.2 Å². The molecule has 1 aromatic carbocycles. The van der Waals surface area contributed by atoms with Crippen molar-refractivity contribution in [2.75, 3.05) is 38.1 Å². The van der Waals surface area contributed by atoms with Crippen LogP contribution in [0, 0.1) is 6.92 Å². The maximum atomic E-state index is 12.6. The second kappa shape index (κ2) is 10.5. The van der Waals surface area contributed by atoms with Gasteiger partial charge in [0.05, 0.1) is 6.54 Å². The van der Waals surface area contributed by atoms with E-state index in [1.165, 1.54) is 4.57 Å². The summed E-state index contributed by atoms with van der Waals surface area (Å²) in [6.45, 7) is 9.54. The normalized spacial score (nSPS) is 12.4. The average Bonchev–Trinajstić information content (AvgIpc) is 3.12. The maximum absolute atomic E-state index is 12.6. The Kier molecular flexibility index (Phi) is 7.70. The van der Waals surface area contributed by atoms with Gasteiger partial charge in [-0.3, -0.25) is 14.3 Å². The molecule has 0 radical (unpaired) electrons. The van der Waals surface area contributed by atoms with Crippen molar-refractivity contribution in [3.8, 4) is 5.75 Å². The molecule has 0 bridgehead atoms. The van der Waals surface area contributed by atoms with Crippen LogP contribution in [0.4, 0.5) is 5.95 Å². The van der Waals surface area contributed by atoms with Crippen molar-refractivity contribution in [2.24, 2.45) is 7.05 Å². The second-order valence-electron chi connectivity index (χ2n) is 7.77. The number of aliphatic hydroxyl groups excluding tert-OH is 1. The summed E-state index contributed by atoms with van der Waals surface area (Å²) >= 11 is 0. The van der Waals surface area contributed by atoms with E-state index in [0.29, 0.717) is 18.2 Å². The zero-order chi connectivity index (χ0) is 23.3. The Labute approximate surface area is 186 Å². The van der Waals surface area contributed by atoms with Crippen LogP contribution in [0.2, 0.25) is 0 Å². The van der Waals surface area contributed by atoms with E-state index < -0.39 is 17.4 Å². The topological polar surface area (TPSA) is 117 Å². The van der Waals surface area contributed by atoms with Crippen LogP contribution >= 0.6 is 0 Å². The lowest BCUT2D eigenvalue weighted by atomic mass is 10.2. The molecule has 3 rings (SSSR count). The number of aromatic nitrogens is 4. The number of hydrogen-bond acceptors (Lipinski definition) is 7. The fourth-order valence-corrected chi connectivity index (χ4v) is 3.57. The number of fused-ring (bicyclic) bond motifs is 1. The third-order valence-electron chi connectivity index (χ3n) is 5.44. The minimum absolute atomic E-state index is 0.0473. The molecule has 0 aliphatic rings. The molecule has 0 amide bonds. The fraction of sp³-hybridized carbons (Fsp3) is 0.500. The minimum atomic E-state index is -0.895. The van der Waals surface area contributed by atoms with Gasteiger partial charge in [0, 0.05) is 20.1 Å². The first-order valence-corrected chi connectivity index (χ1v) is 10.9. The zero-order valence-electron chi connectivity index (χ0n) is 19.1. The molecule has 0 spiro atoms. The van der Waals surface area contributed by atoms with E-state index in [4.69, 9.17) is 4.74 Å². The van der Waals surface area contributed by atoms with Gasteiger partial charge in [0.15, 0.2) is 11.2 Å². The number of benzene rings is 1. The van der Waals surface area contributed by atoms with Crippen LogP contribution in [-0.2, 0) is 13.6 Å². The highest BCUT2D eigenvalue weighted by molar-refractivity contribution is 5.74. The number of H-pyrrole nitrogens is 1. The third kappa shape index (κ3) is 5.38. The van der Waals surface area contributed by atoms with E-state index in [1.54, 1.807) is 11.6 Å². The van der Waals surface area contributed by atoms with Crippen LogP contribution in [0.25, 0.3) is 11.2 Å². The zero-order valence-corrected chi connectivity index (χ0v) is 19.1. The van der Waals surface area contributed by atoms with Crippen LogP contribution in [-0.4, -0.2) is 68.0 Å². The summed E-state index contributed by atoms with van der Waals surface area (Å²) in [5.41, 5.74) is 0.469. The molecule has 0 aliphatic carbocycles. The number of ether oxygens (including phenoxy) is 1. The summed E-state index contributed by atoms with van der Waals surface area (Å²) in [4.78, 5) is 33.7. The second-order valence-corrected chi connectivity index (χ2v) is 7.77. The van der Waals surface area contributed by atoms with Crippen molar-refractivity contribution in [1.29, 1.82) is 0 Å². The van der Waals surface area contributed by atoms with Crippen LogP contribution < -0.4 is 21.3 Å². The Hall–Kier alpha value is -3.11. The number of nitrogens with one attached hydrogen (secondary N) is 2. The van der Waals surface area contributed by atoms with E-state index in [9.17, 15) is 14.7 Å². The summed E-state index contributed by atoms with van der Waals surface area (Å²) in [6.07, 6.45) is -0.895. The van der Waals surface area contributed by atoms with Gasteiger partial charge in [-0.15, -0.1) is 0 Å². The van der Waals surface area contributed by atoms with E-state index in [2.05, 4.69) is 34.0 Å². The fourth-order valence-electron chi connectivity index (χ4n) is 3.57. The predicted octanol–water partition coefficient (Wildman–Crippen LogP) is 0.925. The molecule has 0 unspecified atom stereocenters. The van der Waals surface area contributed by atoms with Gasteiger partial charge in [0.1, 0.15) is 18.5 Å². The predicted molar refractivity (Wildman–Crippen MR) is 125 cm³/mol. The molecule has 0 aliphatic heterocycles. The Balaban J connectivity index is 1.84. The van der Waals surface area contributed by atoms with E-state index in [-0.39, 0.29) is 24.3 Å². The number of hydrogen-bond donors (Lipinski definition) is 3. The van der Waals surface area contributed by atoms with Crippen molar-refractivity contribution in [1.82, 2.24) is 24.0 Å². The Morgan fingerprint density at radius 3 is 2.72 bits per heavy atom. The minimum Gasteiger partial charge on any atom is -0.491 e. The van der Waals surface area contributed by atoms with Gasteiger partial charge in [-0.25, -0.2) is 4.79 Å². The van der Waals surface area contributed by atoms with Crippen molar-refractivity contribution in [3.63, 3.8) is 0 Å². The highest BCUT2D eigenvalue weighted by Crippen LogP contribution is 2.17. The number of imidazole rings is 1. The molecule has 10 heteroatoms. The Bertz CT molecular complexity index is 1160. The van der Waals surface area contributed by atoms with Gasteiger partial charge in [0.25, 0.3) is 5.56 Å². The lowest BCUT2D eigenvalue weighted by Crippen LogP contribution is -2.31. The first-order chi connectivity index (χ1) is 15.3. The standard InChI is InChI=1S/C22H32N6O4/c1-5-27(6-2)11-10-23-21-24-19-18(20(30)25-22(31)26(19)4)28(21)13-16(29)14-32-17-9-7-8-15(3)12-17/h7-9,12,16,29H,5-6,10-11,13-14H2,1-4H3,(H,23,24)(H,25,30,31)/t16-/m0/s1. The summed E-state index contributed by atoms with van der Waals surface area (Å²) < 4.78 is 8.61. The highest BCUT2D eigenvalue weighted by atomic mass is 16.5. The van der Waals surface area contributed by atoms with E-state index in [0.717, 1.165) is 25.2 Å². The van der Waals surface area contributed by atoms with Gasteiger partial charge in [-0.1, -0.05) is 26.0 Å². The molecule has 0 saturated heterocycles. The van der Waals surface area contributed by atoms with E-state index >= 15 is 0 Å². The molecular weight excluding hydrogens is 412 g/mol. The van der Waals surface area contributed by atoms with Gasteiger partial charge in [-0.2, -0.15) is 4.98 Å². The molecular formula is C22H32N6O4. The quantitative estimate of drug-likeness (QED) is 0.403. The van der Waals surface area contributed by atoms with Crippen LogP contribution in [0.3, 0.4) is 0 Å². The lowest BCUT2D eigenvalue weighted by molar-refractivity contribution is 0.0938. The first kappa shape index (κ1) is 23.6. The maximum Gasteiger partial charge on any atom is 0.329 e. The van der Waals surface area contributed by atoms with Crippen molar-refractivity contribution in [3.05, 3.63) is 50.7 Å². The molecule has 3 N–H and O–H groups in total. The van der Waals surface area contributed by atoms with Crippen LogP contribution in [0.15, 0.2) is 33.9 Å². The van der Waals surface area contributed by atoms with Gasteiger partial charge < -0.3 is 24.6 Å². The molecule has 2 heterocycles. The smallest absolute Gasteiger partial charge is 0.329 e. The average molecular weight is 445 g/mol. The van der Waals surface area contributed by atoms with Gasteiger partial charge in [0.2, 0.25) is 5.95 Å². The molecule has 2 aromatic heterocycles. The number of nitrogens with zero attached hydrogens (tertiary/aromatic N) is 4.